The second-order valence-electron chi connectivity index (χ2n) is 7.66. The maximum absolute atomic E-state index is 12.5. The molecule has 0 saturated carbocycles. The minimum Gasteiger partial charge on any atom is -0.493 e. The second kappa shape index (κ2) is 13.2. The Morgan fingerprint density at radius 3 is 2.26 bits per heavy atom. The third-order valence-electron chi connectivity index (χ3n) is 5.10. The van der Waals surface area contributed by atoms with Crippen LogP contribution >= 0.6 is 0 Å². The van der Waals surface area contributed by atoms with Crippen molar-refractivity contribution in [2.45, 2.75) is 0 Å². The summed E-state index contributed by atoms with van der Waals surface area (Å²) in [4.78, 5) is 47.3. The Morgan fingerprint density at radius 1 is 0.923 bits per heavy atom. The fourth-order valence-corrected chi connectivity index (χ4v) is 3.26. The predicted octanol–water partition coefficient (Wildman–Crippen LogP) is 2.72. The molecule has 0 aliphatic carbocycles. The second-order valence-corrected chi connectivity index (χ2v) is 7.66. The van der Waals surface area contributed by atoms with Crippen LogP contribution in [0, 0.1) is 10.1 Å². The van der Waals surface area contributed by atoms with Crippen molar-refractivity contribution in [2.24, 2.45) is 5.10 Å². The Balaban J connectivity index is 1.55. The first-order valence-corrected chi connectivity index (χ1v) is 11.2. The summed E-state index contributed by atoms with van der Waals surface area (Å²) in [6.07, 6.45) is 1.31. The lowest BCUT2D eigenvalue weighted by molar-refractivity contribution is -0.384. The first-order valence-electron chi connectivity index (χ1n) is 11.2. The van der Waals surface area contributed by atoms with Gasteiger partial charge in [-0.05, 0) is 35.9 Å². The third-order valence-corrected chi connectivity index (χ3v) is 5.10. The van der Waals surface area contributed by atoms with E-state index in [4.69, 9.17) is 18.9 Å². The highest BCUT2D eigenvalue weighted by atomic mass is 16.6. The maximum Gasteiger partial charge on any atom is 0.343 e. The van der Waals surface area contributed by atoms with Gasteiger partial charge in [0.05, 0.1) is 44.6 Å². The van der Waals surface area contributed by atoms with Crippen molar-refractivity contribution in [1.82, 2.24) is 10.7 Å². The summed E-state index contributed by atoms with van der Waals surface area (Å²) < 4.78 is 20.9. The van der Waals surface area contributed by atoms with E-state index in [-0.39, 0.29) is 40.6 Å². The van der Waals surface area contributed by atoms with E-state index in [1.165, 1.54) is 70.0 Å². The number of non-ortho nitro benzene ring substituents is 1. The van der Waals surface area contributed by atoms with Crippen LogP contribution in [-0.4, -0.2) is 56.8 Å². The van der Waals surface area contributed by atoms with Crippen LogP contribution in [0.5, 0.6) is 23.0 Å². The summed E-state index contributed by atoms with van der Waals surface area (Å²) in [6, 6.07) is 14.3. The van der Waals surface area contributed by atoms with Gasteiger partial charge in [0, 0.05) is 17.7 Å². The van der Waals surface area contributed by atoms with E-state index in [1.54, 1.807) is 12.1 Å². The summed E-state index contributed by atoms with van der Waals surface area (Å²) >= 11 is 0. The molecule has 0 spiro atoms. The zero-order valence-corrected chi connectivity index (χ0v) is 21.1. The number of nitrogens with one attached hydrogen (secondary N) is 2. The molecular formula is C26H24N4O9. The van der Waals surface area contributed by atoms with E-state index < -0.39 is 22.7 Å². The molecule has 3 aromatic rings. The van der Waals surface area contributed by atoms with Crippen LogP contribution in [-0.2, 0) is 4.79 Å². The summed E-state index contributed by atoms with van der Waals surface area (Å²) in [5.41, 5.74) is 2.74. The van der Waals surface area contributed by atoms with Crippen LogP contribution in [0.3, 0.4) is 0 Å². The normalized spacial score (nSPS) is 10.4. The number of methoxy groups -OCH3 is 3. The van der Waals surface area contributed by atoms with Gasteiger partial charge >= 0.3 is 5.97 Å². The fourth-order valence-electron chi connectivity index (χ4n) is 3.26. The molecule has 0 saturated heterocycles. The Morgan fingerprint density at radius 2 is 1.62 bits per heavy atom. The molecule has 13 heteroatoms. The predicted molar refractivity (Wildman–Crippen MR) is 139 cm³/mol. The van der Waals surface area contributed by atoms with Crippen LogP contribution in [0.1, 0.15) is 26.3 Å². The van der Waals surface area contributed by atoms with E-state index in [0.717, 1.165) is 6.07 Å². The number of carbonyl (C=O) groups is 3. The lowest BCUT2D eigenvalue weighted by Crippen LogP contribution is -2.34. The number of hydrogen-bond acceptors (Lipinski definition) is 10. The van der Waals surface area contributed by atoms with Gasteiger partial charge in [-0.3, -0.25) is 19.7 Å². The molecule has 13 nitrogen and oxygen atoms in total. The number of ether oxygens (including phenoxy) is 4. The summed E-state index contributed by atoms with van der Waals surface area (Å²) in [5.74, 6) is -0.857. The van der Waals surface area contributed by atoms with Gasteiger partial charge in [-0.25, -0.2) is 10.2 Å². The minimum absolute atomic E-state index is 0.0177. The molecule has 3 rings (SSSR count). The number of amides is 2. The van der Waals surface area contributed by atoms with Crippen molar-refractivity contribution < 1.29 is 38.3 Å². The van der Waals surface area contributed by atoms with Crippen molar-refractivity contribution in [3.8, 4) is 23.0 Å². The molecule has 0 fully saturated rings. The van der Waals surface area contributed by atoms with Crippen molar-refractivity contribution >= 4 is 29.7 Å². The van der Waals surface area contributed by atoms with Crippen molar-refractivity contribution in [3.05, 3.63) is 87.5 Å². The van der Waals surface area contributed by atoms with Gasteiger partial charge in [0.1, 0.15) is 5.75 Å². The molecule has 0 radical (unpaired) electrons. The highest BCUT2D eigenvalue weighted by molar-refractivity contribution is 5.97. The number of rotatable bonds is 11. The number of esters is 1. The molecule has 0 unspecified atom stereocenters. The van der Waals surface area contributed by atoms with Gasteiger partial charge in [-0.2, -0.15) is 5.10 Å². The Bertz CT molecular complexity index is 1400. The zero-order valence-electron chi connectivity index (χ0n) is 21.1. The molecule has 39 heavy (non-hydrogen) atoms. The van der Waals surface area contributed by atoms with Crippen LogP contribution in [0.4, 0.5) is 5.69 Å². The highest BCUT2D eigenvalue weighted by Crippen LogP contribution is 2.38. The lowest BCUT2D eigenvalue weighted by atomic mass is 10.1. The standard InChI is InChI=1S/C26H24N4O9/c1-36-21-12-18(13-22(37-2)24(21)38-3)25(32)27-15-23(31)29-28-14-16-6-4-9-20(10-16)39-26(33)17-7-5-8-19(11-17)30(34)35/h4-14H,15H2,1-3H3,(H,27,32)(H,29,31). The molecule has 202 valence electrons. The average Bonchev–Trinajstić information content (AvgIpc) is 2.95. The monoisotopic (exact) mass is 536 g/mol. The molecule has 0 aliphatic heterocycles. The average molecular weight is 536 g/mol. The van der Waals surface area contributed by atoms with Crippen molar-refractivity contribution in [3.63, 3.8) is 0 Å². The highest BCUT2D eigenvalue weighted by Gasteiger charge is 2.17. The van der Waals surface area contributed by atoms with E-state index in [0.29, 0.717) is 11.3 Å². The third kappa shape index (κ3) is 7.52. The van der Waals surface area contributed by atoms with Crippen molar-refractivity contribution in [1.29, 1.82) is 0 Å². The zero-order chi connectivity index (χ0) is 28.4. The molecular weight excluding hydrogens is 512 g/mol. The minimum atomic E-state index is -0.774. The Hall–Kier alpha value is -5.46. The van der Waals surface area contributed by atoms with Gasteiger partial charge < -0.3 is 24.3 Å². The molecule has 2 amide bonds. The molecule has 0 aliphatic rings. The topological polar surface area (TPSA) is 168 Å². The number of hydrogen-bond donors (Lipinski definition) is 2. The molecule has 3 aromatic carbocycles. The lowest BCUT2D eigenvalue weighted by Gasteiger charge is -2.14. The fraction of sp³-hybridized carbons (Fsp3) is 0.154. The van der Waals surface area contributed by atoms with Crippen LogP contribution in [0.25, 0.3) is 0 Å². The molecule has 0 aromatic heterocycles. The van der Waals surface area contributed by atoms with Gasteiger partial charge in [0.2, 0.25) is 5.75 Å². The van der Waals surface area contributed by atoms with Crippen molar-refractivity contribution in [2.75, 3.05) is 27.9 Å². The smallest absolute Gasteiger partial charge is 0.343 e. The molecule has 0 bridgehead atoms. The van der Waals surface area contributed by atoms with Gasteiger partial charge in [-0.15, -0.1) is 0 Å². The summed E-state index contributed by atoms with van der Waals surface area (Å²) in [6.45, 7) is -0.367. The maximum atomic E-state index is 12.5. The largest absolute Gasteiger partial charge is 0.493 e. The van der Waals surface area contributed by atoms with E-state index in [1.807, 2.05) is 0 Å². The number of hydrazone groups is 1. The van der Waals surface area contributed by atoms with Gasteiger partial charge in [0.15, 0.2) is 11.5 Å². The summed E-state index contributed by atoms with van der Waals surface area (Å²) in [7, 11) is 4.27. The van der Waals surface area contributed by atoms with Crippen LogP contribution < -0.4 is 29.7 Å². The molecule has 2 N–H and O–H groups in total. The number of carbonyl (C=O) groups excluding carboxylic acids is 3. The first-order chi connectivity index (χ1) is 18.7. The molecule has 0 atom stereocenters. The first kappa shape index (κ1) is 28.1. The number of benzene rings is 3. The van der Waals surface area contributed by atoms with E-state index in [2.05, 4.69) is 15.8 Å². The van der Waals surface area contributed by atoms with E-state index in [9.17, 15) is 24.5 Å². The molecule has 0 heterocycles. The number of nitro groups is 1. The number of nitro benzene ring substituents is 1. The van der Waals surface area contributed by atoms with E-state index >= 15 is 0 Å². The van der Waals surface area contributed by atoms with Crippen LogP contribution in [0.2, 0.25) is 0 Å². The number of nitrogens with zero attached hydrogens (tertiary/aromatic N) is 2. The van der Waals surface area contributed by atoms with Gasteiger partial charge in [0.25, 0.3) is 17.5 Å². The quantitative estimate of drug-likeness (QED) is 0.123. The SMILES string of the molecule is COc1cc(C(=O)NCC(=O)NN=Cc2cccc(OC(=O)c3cccc([N+](=O)[O-])c3)c2)cc(OC)c1OC. The summed E-state index contributed by atoms with van der Waals surface area (Å²) in [5, 5.41) is 17.2. The van der Waals surface area contributed by atoms with Gasteiger partial charge in [-0.1, -0.05) is 18.2 Å². The Labute approximate surface area is 222 Å². The Kier molecular flexibility index (Phi) is 9.51. The van der Waals surface area contributed by atoms with Crippen LogP contribution in [0.15, 0.2) is 65.8 Å².